The van der Waals surface area contributed by atoms with Crippen LogP contribution in [0, 0.1) is 0 Å². The largest absolute Gasteiger partial charge is 0.477 e. The van der Waals surface area contributed by atoms with E-state index in [9.17, 15) is 18.0 Å². The van der Waals surface area contributed by atoms with Gasteiger partial charge in [-0.05, 0) is 6.07 Å². The van der Waals surface area contributed by atoms with Gasteiger partial charge in [-0.3, -0.25) is 14.6 Å². The van der Waals surface area contributed by atoms with Gasteiger partial charge < -0.3 is 15.4 Å². The molecular weight excluding hydrogens is 302 g/mol. The van der Waals surface area contributed by atoms with Crippen molar-refractivity contribution in [2.24, 2.45) is 12.8 Å². The van der Waals surface area contributed by atoms with Crippen molar-refractivity contribution in [1.82, 2.24) is 14.8 Å². The summed E-state index contributed by atoms with van der Waals surface area (Å²) in [7, 11) is -2.55. The predicted molar refractivity (Wildman–Crippen MR) is 70.3 cm³/mol. The zero-order valence-electron chi connectivity index (χ0n) is 10.7. The number of aromatic carboxylic acids is 1. The van der Waals surface area contributed by atoms with Crippen molar-refractivity contribution in [2.45, 2.75) is 4.90 Å². The summed E-state index contributed by atoms with van der Waals surface area (Å²) in [5.41, 5.74) is 4.85. The molecule has 0 aliphatic carbocycles. The van der Waals surface area contributed by atoms with Gasteiger partial charge in [0.15, 0.2) is 5.82 Å². The van der Waals surface area contributed by atoms with Crippen LogP contribution in [0.25, 0.3) is 0 Å². The second-order valence-corrected chi connectivity index (χ2v) is 5.80. The second kappa shape index (κ2) is 4.94. The fraction of sp³-hybridized carbons (Fsp3) is 0.100. The van der Waals surface area contributed by atoms with Gasteiger partial charge in [-0.15, -0.1) is 0 Å². The minimum absolute atomic E-state index is 0.0172. The third kappa shape index (κ3) is 2.86. The number of aromatic nitrogens is 3. The van der Waals surface area contributed by atoms with E-state index in [1.165, 1.54) is 17.8 Å². The Morgan fingerprint density at radius 1 is 1.43 bits per heavy atom. The smallest absolute Gasteiger partial charge is 0.353 e. The number of H-pyrrole nitrogens is 1. The number of amides is 1. The minimum Gasteiger partial charge on any atom is -0.477 e. The molecular formula is C10H11N5O5S. The molecule has 2 aromatic rings. The SMILES string of the molecule is Cn1cc(S(=O)(=O)Nc2cc(C(=O)O)[nH]n2)cc1C(N)=O. The van der Waals surface area contributed by atoms with E-state index in [1.54, 1.807) is 0 Å². The van der Waals surface area contributed by atoms with E-state index >= 15 is 0 Å². The molecule has 2 aromatic heterocycles. The number of rotatable bonds is 5. The molecule has 21 heavy (non-hydrogen) atoms. The molecule has 0 aliphatic heterocycles. The number of carbonyl (C=O) groups is 2. The Kier molecular flexibility index (Phi) is 3.43. The summed E-state index contributed by atoms with van der Waals surface area (Å²) in [5.74, 6) is -2.23. The molecule has 0 unspecified atom stereocenters. The second-order valence-electron chi connectivity index (χ2n) is 4.11. The molecule has 0 radical (unpaired) electrons. The van der Waals surface area contributed by atoms with Gasteiger partial charge in [0.1, 0.15) is 16.3 Å². The number of sulfonamides is 1. The number of carboxylic acids is 1. The molecule has 0 fully saturated rings. The molecule has 0 aromatic carbocycles. The number of hydrogen-bond donors (Lipinski definition) is 4. The molecule has 2 rings (SSSR count). The molecule has 10 nitrogen and oxygen atoms in total. The Morgan fingerprint density at radius 3 is 2.57 bits per heavy atom. The van der Waals surface area contributed by atoms with E-state index in [1.807, 2.05) is 0 Å². The lowest BCUT2D eigenvalue weighted by atomic mass is 10.4. The molecule has 0 atom stereocenters. The lowest BCUT2D eigenvalue weighted by Crippen LogP contribution is -2.14. The molecule has 0 saturated heterocycles. The molecule has 5 N–H and O–H groups in total. The monoisotopic (exact) mass is 313 g/mol. The number of anilines is 1. The maximum Gasteiger partial charge on any atom is 0.353 e. The van der Waals surface area contributed by atoms with Crippen LogP contribution in [0.5, 0.6) is 0 Å². The fourth-order valence-electron chi connectivity index (χ4n) is 1.61. The third-order valence-electron chi connectivity index (χ3n) is 2.59. The van der Waals surface area contributed by atoms with E-state index in [4.69, 9.17) is 10.8 Å². The van der Waals surface area contributed by atoms with Crippen molar-refractivity contribution in [3.63, 3.8) is 0 Å². The predicted octanol–water partition coefficient (Wildman–Crippen LogP) is -0.654. The summed E-state index contributed by atoms with van der Waals surface area (Å²) in [6, 6.07) is 2.13. The van der Waals surface area contributed by atoms with Crippen LogP contribution in [-0.4, -0.2) is 40.2 Å². The lowest BCUT2D eigenvalue weighted by Gasteiger charge is -2.01. The first kappa shape index (κ1) is 14.6. The van der Waals surface area contributed by atoms with E-state index in [-0.39, 0.29) is 22.1 Å². The molecule has 0 spiro atoms. The highest BCUT2D eigenvalue weighted by Crippen LogP contribution is 2.17. The number of aromatic amines is 1. The number of nitrogens with two attached hydrogens (primary N) is 1. The summed E-state index contributed by atoms with van der Waals surface area (Å²) in [5, 5.41) is 14.4. The van der Waals surface area contributed by atoms with Gasteiger partial charge in [-0.1, -0.05) is 0 Å². The van der Waals surface area contributed by atoms with Gasteiger partial charge in [0, 0.05) is 19.3 Å². The van der Waals surface area contributed by atoms with Gasteiger partial charge in [0.05, 0.1) is 0 Å². The number of nitrogens with one attached hydrogen (secondary N) is 2. The van der Waals surface area contributed by atoms with Crippen molar-refractivity contribution in [1.29, 1.82) is 0 Å². The number of hydrogen-bond acceptors (Lipinski definition) is 5. The highest BCUT2D eigenvalue weighted by molar-refractivity contribution is 7.92. The average molecular weight is 313 g/mol. The summed E-state index contributed by atoms with van der Waals surface area (Å²) in [6.07, 6.45) is 1.20. The van der Waals surface area contributed by atoms with E-state index in [0.717, 1.165) is 12.1 Å². The van der Waals surface area contributed by atoms with E-state index in [2.05, 4.69) is 14.9 Å². The maximum absolute atomic E-state index is 12.1. The molecule has 112 valence electrons. The zero-order valence-corrected chi connectivity index (χ0v) is 11.5. The number of carboxylic acid groups (broad SMARTS) is 1. The zero-order chi connectivity index (χ0) is 15.8. The van der Waals surface area contributed by atoms with Crippen LogP contribution in [-0.2, 0) is 17.1 Å². The van der Waals surface area contributed by atoms with Crippen LogP contribution in [0.1, 0.15) is 21.0 Å². The number of primary amides is 1. The first-order valence-electron chi connectivity index (χ1n) is 5.48. The Balaban J connectivity index is 2.31. The van der Waals surface area contributed by atoms with Crippen molar-refractivity contribution in [2.75, 3.05) is 4.72 Å². The maximum atomic E-state index is 12.1. The Hall–Kier alpha value is -2.82. The van der Waals surface area contributed by atoms with Gasteiger partial charge in [-0.2, -0.15) is 5.10 Å². The third-order valence-corrected chi connectivity index (χ3v) is 3.91. The summed E-state index contributed by atoms with van der Waals surface area (Å²) in [6.45, 7) is 0. The van der Waals surface area contributed by atoms with Gasteiger partial charge in [0.2, 0.25) is 0 Å². The first-order chi connectivity index (χ1) is 9.70. The van der Waals surface area contributed by atoms with Crippen molar-refractivity contribution in [3.8, 4) is 0 Å². The van der Waals surface area contributed by atoms with Crippen molar-refractivity contribution in [3.05, 3.63) is 29.7 Å². The quantitative estimate of drug-likeness (QED) is 0.573. The van der Waals surface area contributed by atoms with E-state index in [0.29, 0.717) is 0 Å². The minimum atomic E-state index is -4.01. The van der Waals surface area contributed by atoms with Crippen molar-refractivity contribution < 1.29 is 23.1 Å². The van der Waals surface area contributed by atoms with Crippen LogP contribution in [0.4, 0.5) is 5.82 Å². The van der Waals surface area contributed by atoms with Gasteiger partial charge in [0.25, 0.3) is 15.9 Å². The molecule has 0 bridgehead atoms. The summed E-state index contributed by atoms with van der Waals surface area (Å²) in [4.78, 5) is 21.6. The van der Waals surface area contributed by atoms with Crippen molar-refractivity contribution >= 4 is 27.7 Å². The lowest BCUT2D eigenvalue weighted by molar-refractivity contribution is 0.0690. The summed E-state index contributed by atoms with van der Waals surface area (Å²) >= 11 is 0. The van der Waals surface area contributed by atoms with E-state index < -0.39 is 21.9 Å². The topological polar surface area (TPSA) is 160 Å². The fourth-order valence-corrected chi connectivity index (χ4v) is 2.67. The number of nitrogens with zero attached hydrogens (tertiary/aromatic N) is 2. The molecule has 1 amide bonds. The average Bonchev–Trinajstić information content (AvgIpc) is 2.95. The standard InChI is InChI=1S/C10H11N5O5S/c1-15-4-5(2-7(15)9(11)16)21(19,20)14-8-3-6(10(17)18)12-13-8/h2-4H,1H3,(H2,11,16)(H,17,18)(H2,12,13,14). The van der Waals surface area contributed by atoms with Crippen LogP contribution in [0.15, 0.2) is 23.2 Å². The van der Waals surface area contributed by atoms with Gasteiger partial charge >= 0.3 is 5.97 Å². The Morgan fingerprint density at radius 2 is 2.10 bits per heavy atom. The normalized spacial score (nSPS) is 11.3. The highest BCUT2D eigenvalue weighted by Gasteiger charge is 2.21. The molecule has 0 aliphatic rings. The first-order valence-corrected chi connectivity index (χ1v) is 6.96. The number of carbonyl (C=O) groups excluding carboxylic acids is 1. The Bertz CT molecular complexity index is 819. The van der Waals surface area contributed by atoms with Crippen LogP contribution < -0.4 is 10.5 Å². The molecule has 2 heterocycles. The van der Waals surface area contributed by atoms with Crippen LogP contribution in [0.2, 0.25) is 0 Å². The van der Waals surface area contributed by atoms with Crippen LogP contribution >= 0.6 is 0 Å². The van der Waals surface area contributed by atoms with Crippen LogP contribution in [0.3, 0.4) is 0 Å². The van der Waals surface area contributed by atoms with Gasteiger partial charge in [-0.25, -0.2) is 13.2 Å². The summed E-state index contributed by atoms with van der Waals surface area (Å²) < 4.78 is 27.5. The Labute approximate surface area is 118 Å². The number of aryl methyl sites for hydroxylation is 1. The molecule has 0 saturated carbocycles. The molecule has 11 heteroatoms. The highest BCUT2D eigenvalue weighted by atomic mass is 32.2.